The summed E-state index contributed by atoms with van der Waals surface area (Å²) in [5, 5.41) is 2.24. The second-order valence-electron chi connectivity index (χ2n) is 18.7. The van der Waals surface area contributed by atoms with E-state index in [2.05, 4.69) is 127 Å². The van der Waals surface area contributed by atoms with Gasteiger partial charge in [-0.05, 0) is 115 Å². The number of hydrogen-bond donors (Lipinski definition) is 0. The topological polar surface area (TPSA) is 43.3 Å². The summed E-state index contributed by atoms with van der Waals surface area (Å²) < 4.78 is 11.7. The molecule has 6 heteroatoms. The summed E-state index contributed by atoms with van der Waals surface area (Å²) >= 11 is 0. The fourth-order valence-corrected chi connectivity index (χ4v) is 12.8. The SMILES string of the molecule is CC(C)c1cccc(C(C)C)c1-c1cc2c3c(c1)-n1c4c(c(=O)n1B3c1c(ccc3c1oc1ccccc13)N2C1=CCCC=C1)C1(CCCC1)CC41CCCC1. The van der Waals surface area contributed by atoms with Crippen molar-refractivity contribution in [2.24, 2.45) is 0 Å². The lowest BCUT2D eigenvalue weighted by Gasteiger charge is -2.36. The molecule has 2 spiro atoms. The van der Waals surface area contributed by atoms with Gasteiger partial charge in [0.15, 0.2) is 0 Å². The van der Waals surface area contributed by atoms with Gasteiger partial charge in [-0.1, -0.05) is 102 Å². The zero-order valence-corrected chi connectivity index (χ0v) is 33.3. The highest BCUT2D eigenvalue weighted by molar-refractivity contribution is 6.90. The molecule has 4 aromatic carbocycles. The van der Waals surface area contributed by atoms with Gasteiger partial charge in [0.25, 0.3) is 5.56 Å². The lowest BCUT2D eigenvalue weighted by atomic mass is 9.48. The van der Waals surface area contributed by atoms with Crippen molar-refractivity contribution in [1.82, 2.24) is 9.27 Å². The Morgan fingerprint density at radius 3 is 2.16 bits per heavy atom. The number of hydrogen-bond acceptors (Lipinski definition) is 3. The van der Waals surface area contributed by atoms with Crippen LogP contribution in [-0.2, 0) is 10.8 Å². The van der Waals surface area contributed by atoms with E-state index < -0.39 is 0 Å². The maximum Gasteiger partial charge on any atom is 0.361 e. The fourth-order valence-electron chi connectivity index (χ4n) is 12.8. The first-order chi connectivity index (χ1) is 27.3. The van der Waals surface area contributed by atoms with E-state index in [1.54, 1.807) is 0 Å². The number of para-hydroxylation sites is 1. The average Bonchev–Trinajstić information content (AvgIpc) is 4.07. The predicted molar refractivity (Wildman–Crippen MR) is 231 cm³/mol. The normalized spacial score (nSPS) is 19.6. The molecule has 2 fully saturated rings. The summed E-state index contributed by atoms with van der Waals surface area (Å²) in [6.07, 6.45) is 19.8. The third kappa shape index (κ3) is 4.15. The number of benzene rings is 4. The number of furan rings is 1. The lowest BCUT2D eigenvalue weighted by molar-refractivity contribution is 0.311. The molecule has 2 aliphatic heterocycles. The van der Waals surface area contributed by atoms with Crippen LogP contribution in [0.1, 0.15) is 133 Å². The lowest BCUT2D eigenvalue weighted by Crippen LogP contribution is -2.56. The number of aromatic nitrogens is 2. The standard InChI is InChI=1S/C50H50BN3O2/c1-30(2)34-18-14-19-35(31(3)4)42(34)32-27-39-44-40(28-32)53-47-43(49(23-10-11-24-49)29-50(47)25-12-13-26-50)48(55)54(53)51(44)45-38(52(39)33-15-6-5-7-16-33)22-21-37-36-17-8-9-20-41(36)56-46(37)45/h6,8-9,14-22,27-28,30-31H,5,7,10-13,23-26,29H2,1-4H3. The van der Waals surface area contributed by atoms with E-state index in [0.717, 1.165) is 65.2 Å². The Hall–Kier alpha value is -4.97. The van der Waals surface area contributed by atoms with E-state index in [0.29, 0.717) is 11.8 Å². The highest BCUT2D eigenvalue weighted by Gasteiger charge is 2.60. The molecular formula is C50H50BN3O2. The van der Waals surface area contributed by atoms with Gasteiger partial charge in [0.1, 0.15) is 11.2 Å². The van der Waals surface area contributed by atoms with E-state index in [1.807, 2.05) is 0 Å². The van der Waals surface area contributed by atoms with Gasteiger partial charge in [0.2, 0.25) is 0 Å². The van der Waals surface area contributed by atoms with Gasteiger partial charge >= 0.3 is 6.85 Å². The minimum atomic E-state index is -0.294. The van der Waals surface area contributed by atoms with Crippen molar-refractivity contribution >= 4 is 51.1 Å². The first kappa shape index (κ1) is 33.2. The molecule has 4 heterocycles. The summed E-state index contributed by atoms with van der Waals surface area (Å²) in [5.41, 5.74) is 17.0. The third-order valence-electron chi connectivity index (χ3n) is 15.0. The molecule has 4 aliphatic carbocycles. The van der Waals surface area contributed by atoms with Crippen LogP contribution < -0.4 is 21.4 Å². The van der Waals surface area contributed by atoms with Gasteiger partial charge in [-0.3, -0.25) is 14.1 Å². The van der Waals surface area contributed by atoms with Crippen LogP contribution in [0.3, 0.4) is 0 Å². The molecule has 0 N–H and O–H groups in total. The van der Waals surface area contributed by atoms with Crippen molar-refractivity contribution in [3.8, 4) is 16.8 Å². The van der Waals surface area contributed by atoms with Crippen molar-refractivity contribution < 1.29 is 4.42 Å². The highest BCUT2D eigenvalue weighted by Crippen LogP contribution is 2.62. The molecule has 0 unspecified atom stereocenters. The Kier molecular flexibility index (Phi) is 6.85. The zero-order valence-electron chi connectivity index (χ0n) is 33.3. The fraction of sp³-hybridized carbons (Fsp3) is 0.380. The average molecular weight is 736 g/mol. The number of allylic oxidation sites excluding steroid dienone is 3. The first-order valence-corrected chi connectivity index (χ1v) is 21.6. The van der Waals surface area contributed by atoms with E-state index in [-0.39, 0.29) is 23.2 Å². The van der Waals surface area contributed by atoms with Gasteiger partial charge in [0, 0.05) is 55.2 Å². The van der Waals surface area contributed by atoms with E-state index in [4.69, 9.17) is 4.42 Å². The minimum Gasteiger partial charge on any atom is -0.456 e. The molecule has 0 radical (unpaired) electrons. The van der Waals surface area contributed by atoms with Crippen LogP contribution >= 0.6 is 0 Å². The highest BCUT2D eigenvalue weighted by atomic mass is 16.3. The van der Waals surface area contributed by atoms with Crippen molar-refractivity contribution in [2.75, 3.05) is 4.90 Å². The summed E-state index contributed by atoms with van der Waals surface area (Å²) in [5.74, 6) is 0.725. The maximum atomic E-state index is 15.8. The summed E-state index contributed by atoms with van der Waals surface area (Å²) in [6.45, 7) is 9.03. The molecule has 0 saturated heterocycles. The molecule has 12 rings (SSSR count). The minimum absolute atomic E-state index is 0.0106. The molecule has 280 valence electrons. The van der Waals surface area contributed by atoms with Gasteiger partial charge in [0.05, 0.1) is 11.4 Å². The van der Waals surface area contributed by atoms with Crippen LogP contribution in [0.5, 0.6) is 0 Å². The Bertz CT molecular complexity index is 2770. The molecule has 2 aromatic heterocycles. The van der Waals surface area contributed by atoms with Gasteiger partial charge < -0.3 is 9.32 Å². The van der Waals surface area contributed by atoms with E-state index in [1.165, 1.54) is 94.6 Å². The Balaban J connectivity index is 1.26. The molecule has 56 heavy (non-hydrogen) atoms. The smallest absolute Gasteiger partial charge is 0.361 e. The van der Waals surface area contributed by atoms with Crippen LogP contribution in [0.15, 0.2) is 99.9 Å². The number of rotatable bonds is 4. The third-order valence-corrected chi connectivity index (χ3v) is 15.0. The van der Waals surface area contributed by atoms with Crippen LogP contribution in [0.25, 0.3) is 38.8 Å². The zero-order chi connectivity index (χ0) is 37.7. The summed E-state index contributed by atoms with van der Waals surface area (Å²) in [6, 6.07) is 24.9. The summed E-state index contributed by atoms with van der Waals surface area (Å²) in [7, 11) is 0. The van der Waals surface area contributed by atoms with Crippen molar-refractivity contribution in [2.45, 2.75) is 121 Å². The van der Waals surface area contributed by atoms with Crippen LogP contribution in [0.4, 0.5) is 11.4 Å². The largest absolute Gasteiger partial charge is 0.456 e. The first-order valence-electron chi connectivity index (χ1n) is 21.6. The predicted octanol–water partition coefficient (Wildman–Crippen LogP) is 11.1. The quantitative estimate of drug-likeness (QED) is 0.169. The Labute approximate surface area is 329 Å². The monoisotopic (exact) mass is 735 g/mol. The van der Waals surface area contributed by atoms with Crippen molar-refractivity contribution in [3.05, 3.63) is 123 Å². The molecule has 0 bridgehead atoms. The molecular weight excluding hydrogens is 685 g/mol. The number of anilines is 2. The van der Waals surface area contributed by atoms with Gasteiger partial charge in [-0.15, -0.1) is 0 Å². The number of fused-ring (bicyclic) bond motifs is 13. The molecule has 5 nitrogen and oxygen atoms in total. The molecule has 0 amide bonds. The molecule has 6 aromatic rings. The Morgan fingerprint density at radius 1 is 0.732 bits per heavy atom. The van der Waals surface area contributed by atoms with Gasteiger partial charge in [-0.2, -0.15) is 0 Å². The van der Waals surface area contributed by atoms with Crippen molar-refractivity contribution in [3.63, 3.8) is 0 Å². The molecule has 6 aliphatic rings. The van der Waals surface area contributed by atoms with Gasteiger partial charge in [-0.25, -0.2) is 0 Å². The number of nitrogens with zero attached hydrogens (tertiary/aromatic N) is 3. The summed E-state index contributed by atoms with van der Waals surface area (Å²) in [4.78, 5) is 18.4. The molecule has 2 saturated carbocycles. The van der Waals surface area contributed by atoms with E-state index >= 15 is 4.79 Å². The maximum absolute atomic E-state index is 15.8. The van der Waals surface area contributed by atoms with Crippen LogP contribution in [0.2, 0.25) is 0 Å². The van der Waals surface area contributed by atoms with Crippen LogP contribution in [-0.4, -0.2) is 16.1 Å². The van der Waals surface area contributed by atoms with E-state index in [9.17, 15) is 0 Å². The second kappa shape index (κ2) is 11.6. The Morgan fingerprint density at radius 2 is 1.45 bits per heavy atom. The van der Waals surface area contributed by atoms with Crippen molar-refractivity contribution in [1.29, 1.82) is 0 Å². The second-order valence-corrected chi connectivity index (χ2v) is 18.7. The van der Waals surface area contributed by atoms with Crippen LogP contribution in [0, 0.1) is 0 Å². The molecule has 0 atom stereocenters.